The minimum atomic E-state index is -4.00. The zero-order valence-electron chi connectivity index (χ0n) is 17.8. The van der Waals surface area contributed by atoms with Gasteiger partial charge in [0.25, 0.3) is 15.9 Å². The zero-order valence-corrected chi connectivity index (χ0v) is 18.6. The Morgan fingerprint density at radius 3 is 2.38 bits per heavy atom. The van der Waals surface area contributed by atoms with Crippen LogP contribution < -0.4 is 14.5 Å². The van der Waals surface area contributed by atoms with Crippen LogP contribution in [0.4, 0.5) is 5.82 Å². The molecule has 166 valence electrons. The van der Waals surface area contributed by atoms with Crippen LogP contribution in [0.1, 0.15) is 19.4 Å². The van der Waals surface area contributed by atoms with Gasteiger partial charge >= 0.3 is 0 Å². The molecule has 8 nitrogen and oxygen atoms in total. The Hall–Kier alpha value is -3.72. The van der Waals surface area contributed by atoms with Crippen molar-refractivity contribution in [3.63, 3.8) is 0 Å². The Morgan fingerprint density at radius 2 is 1.75 bits per heavy atom. The molecule has 2 aromatic carbocycles. The van der Waals surface area contributed by atoms with Crippen LogP contribution in [0.5, 0.6) is 5.75 Å². The zero-order chi connectivity index (χ0) is 23.0. The van der Waals surface area contributed by atoms with Gasteiger partial charge in [-0.3, -0.25) is 4.79 Å². The normalized spacial score (nSPS) is 11.5. The molecular formula is C23H24N4O4S. The topological polar surface area (TPSA) is 101 Å². The van der Waals surface area contributed by atoms with Crippen LogP contribution in [0, 0.1) is 0 Å². The van der Waals surface area contributed by atoms with Crippen LogP contribution in [0.2, 0.25) is 0 Å². The predicted octanol–water partition coefficient (Wildman–Crippen LogP) is 3.21. The van der Waals surface area contributed by atoms with E-state index in [1.165, 1.54) is 30.6 Å². The van der Waals surface area contributed by atoms with Crippen molar-refractivity contribution in [3.8, 4) is 5.75 Å². The van der Waals surface area contributed by atoms with Gasteiger partial charge in [0, 0.05) is 6.20 Å². The summed E-state index contributed by atoms with van der Waals surface area (Å²) in [6.07, 6.45) is 3.00. The van der Waals surface area contributed by atoms with E-state index >= 15 is 0 Å². The first-order valence-corrected chi connectivity index (χ1v) is 11.4. The molecule has 1 amide bonds. The Labute approximate surface area is 187 Å². The Balaban J connectivity index is 1.71. The van der Waals surface area contributed by atoms with Crippen molar-refractivity contribution in [1.29, 1.82) is 0 Å². The van der Waals surface area contributed by atoms with E-state index in [0.29, 0.717) is 0 Å². The Morgan fingerprint density at radius 1 is 1.06 bits per heavy atom. The summed E-state index contributed by atoms with van der Waals surface area (Å²) in [4.78, 5) is 16.6. The average molecular weight is 453 g/mol. The Kier molecular flexibility index (Phi) is 7.56. The van der Waals surface area contributed by atoms with Crippen molar-refractivity contribution in [2.45, 2.75) is 24.8 Å². The highest BCUT2D eigenvalue weighted by Gasteiger charge is 2.27. The summed E-state index contributed by atoms with van der Waals surface area (Å²) in [5.74, 6) is 0.265. The third kappa shape index (κ3) is 6.14. The maximum absolute atomic E-state index is 13.1. The molecule has 0 saturated carbocycles. The molecule has 1 N–H and O–H groups in total. The third-order valence-electron chi connectivity index (χ3n) is 4.18. The molecule has 0 fully saturated rings. The number of sulfonamides is 1. The molecule has 0 aliphatic rings. The van der Waals surface area contributed by atoms with Gasteiger partial charge in [0.2, 0.25) is 0 Å². The molecular weight excluding hydrogens is 428 g/mol. The molecule has 0 atom stereocenters. The lowest BCUT2D eigenvalue weighted by molar-refractivity contribution is -0.119. The minimum absolute atomic E-state index is 0.0608. The minimum Gasteiger partial charge on any atom is -0.491 e. The van der Waals surface area contributed by atoms with E-state index < -0.39 is 22.5 Å². The van der Waals surface area contributed by atoms with Crippen molar-refractivity contribution in [2.24, 2.45) is 5.10 Å². The fourth-order valence-electron chi connectivity index (χ4n) is 2.76. The van der Waals surface area contributed by atoms with Crippen molar-refractivity contribution < 1.29 is 17.9 Å². The van der Waals surface area contributed by atoms with E-state index in [-0.39, 0.29) is 16.8 Å². The lowest BCUT2D eigenvalue weighted by Crippen LogP contribution is -2.40. The molecule has 32 heavy (non-hydrogen) atoms. The number of carbonyl (C=O) groups excluding carboxylic acids is 1. The number of benzene rings is 2. The summed E-state index contributed by atoms with van der Waals surface area (Å²) in [5, 5.41) is 3.93. The molecule has 0 unspecified atom stereocenters. The number of nitrogens with zero attached hydrogens (tertiary/aromatic N) is 3. The maximum Gasteiger partial charge on any atom is 0.265 e. The number of hydrazone groups is 1. The maximum atomic E-state index is 13.1. The van der Waals surface area contributed by atoms with Gasteiger partial charge in [0.05, 0.1) is 17.2 Å². The molecule has 0 bridgehead atoms. The number of ether oxygens (including phenoxy) is 1. The van der Waals surface area contributed by atoms with Crippen LogP contribution >= 0.6 is 0 Å². The molecule has 1 heterocycles. The van der Waals surface area contributed by atoms with E-state index in [2.05, 4.69) is 15.5 Å². The molecule has 3 rings (SSSR count). The van der Waals surface area contributed by atoms with E-state index in [0.717, 1.165) is 15.6 Å². The van der Waals surface area contributed by atoms with E-state index in [1.54, 1.807) is 54.6 Å². The van der Waals surface area contributed by atoms with Gasteiger partial charge in [-0.2, -0.15) is 5.10 Å². The van der Waals surface area contributed by atoms with Gasteiger partial charge in [0.15, 0.2) is 0 Å². The second kappa shape index (κ2) is 10.5. The van der Waals surface area contributed by atoms with Crippen molar-refractivity contribution >= 4 is 28.0 Å². The predicted molar refractivity (Wildman–Crippen MR) is 123 cm³/mol. The van der Waals surface area contributed by atoms with Gasteiger partial charge < -0.3 is 4.74 Å². The van der Waals surface area contributed by atoms with Crippen molar-refractivity contribution in [1.82, 2.24) is 10.4 Å². The molecule has 0 radical (unpaired) electrons. The lowest BCUT2D eigenvalue weighted by Gasteiger charge is -2.22. The number of anilines is 1. The molecule has 3 aromatic rings. The highest BCUT2D eigenvalue weighted by atomic mass is 32.2. The summed E-state index contributed by atoms with van der Waals surface area (Å²) in [6.45, 7) is 3.40. The molecule has 9 heteroatoms. The first-order chi connectivity index (χ1) is 15.4. The van der Waals surface area contributed by atoms with Gasteiger partial charge in [-0.1, -0.05) is 24.3 Å². The summed E-state index contributed by atoms with van der Waals surface area (Å²) >= 11 is 0. The molecule has 0 aliphatic heterocycles. The van der Waals surface area contributed by atoms with Crippen LogP contribution in [0.25, 0.3) is 0 Å². The van der Waals surface area contributed by atoms with E-state index in [4.69, 9.17) is 4.74 Å². The largest absolute Gasteiger partial charge is 0.491 e. The number of rotatable bonds is 9. The van der Waals surface area contributed by atoms with Crippen LogP contribution in [0.3, 0.4) is 0 Å². The number of hydrogen-bond donors (Lipinski definition) is 1. The van der Waals surface area contributed by atoms with E-state index in [1.807, 2.05) is 13.8 Å². The van der Waals surface area contributed by atoms with Gasteiger partial charge in [-0.25, -0.2) is 23.1 Å². The van der Waals surface area contributed by atoms with Gasteiger partial charge in [-0.15, -0.1) is 0 Å². The Bertz CT molecular complexity index is 1150. The fourth-order valence-corrected chi connectivity index (χ4v) is 4.16. The quantitative estimate of drug-likeness (QED) is 0.397. The third-order valence-corrected chi connectivity index (χ3v) is 5.94. The summed E-state index contributed by atoms with van der Waals surface area (Å²) in [6, 6.07) is 19.9. The monoisotopic (exact) mass is 452 g/mol. The number of nitrogens with one attached hydrogen (secondary N) is 1. The average Bonchev–Trinajstić information content (AvgIpc) is 2.79. The molecule has 1 aromatic heterocycles. The highest BCUT2D eigenvalue weighted by molar-refractivity contribution is 7.92. The van der Waals surface area contributed by atoms with Crippen LogP contribution in [-0.4, -0.2) is 38.2 Å². The summed E-state index contributed by atoms with van der Waals surface area (Å²) < 4.78 is 32.8. The second-order valence-corrected chi connectivity index (χ2v) is 8.90. The number of pyridine rings is 1. The van der Waals surface area contributed by atoms with Crippen LogP contribution in [-0.2, 0) is 14.8 Å². The van der Waals surface area contributed by atoms with E-state index in [9.17, 15) is 13.2 Å². The van der Waals surface area contributed by atoms with Crippen LogP contribution in [0.15, 0.2) is 89.0 Å². The number of amides is 1. The molecule has 0 saturated heterocycles. The van der Waals surface area contributed by atoms with Crippen molar-refractivity contribution in [2.75, 3.05) is 10.8 Å². The summed E-state index contributed by atoms with van der Waals surface area (Å²) in [5.41, 5.74) is 3.12. The SMILES string of the molecule is CC(C)Oc1ccc(/C=N\NC(=O)CN(c2ccccn2)S(=O)(=O)c2ccccc2)cc1. The highest BCUT2D eigenvalue weighted by Crippen LogP contribution is 2.21. The fraction of sp³-hybridized carbons (Fsp3) is 0.174. The first-order valence-electron chi connectivity index (χ1n) is 9.94. The van der Waals surface area contributed by atoms with Crippen molar-refractivity contribution in [3.05, 3.63) is 84.6 Å². The van der Waals surface area contributed by atoms with Gasteiger partial charge in [0.1, 0.15) is 18.1 Å². The first kappa shape index (κ1) is 23.0. The smallest absolute Gasteiger partial charge is 0.265 e. The van der Waals surface area contributed by atoms with Gasteiger partial charge in [-0.05, 0) is 67.9 Å². The number of carbonyl (C=O) groups is 1. The number of hydrogen-bond acceptors (Lipinski definition) is 6. The standard InChI is InChI=1S/C23H24N4O4S/c1-18(2)31-20-13-11-19(12-14-20)16-25-26-23(28)17-27(22-10-6-7-15-24-22)32(29,30)21-8-4-3-5-9-21/h3-16,18H,17H2,1-2H3,(H,26,28)/b25-16-. The number of aromatic nitrogens is 1. The lowest BCUT2D eigenvalue weighted by atomic mass is 10.2. The molecule has 0 spiro atoms. The molecule has 0 aliphatic carbocycles. The second-order valence-electron chi connectivity index (χ2n) is 7.04. The summed E-state index contributed by atoms with van der Waals surface area (Å²) in [7, 11) is -4.00.